The molecule has 1 aromatic carbocycles. The van der Waals surface area contributed by atoms with Crippen LogP contribution in [0.15, 0.2) is 72.4 Å². The van der Waals surface area contributed by atoms with Crippen LogP contribution in [0, 0.1) is 0 Å². The Balaban J connectivity index is 1.62. The van der Waals surface area contributed by atoms with Crippen LogP contribution in [0.3, 0.4) is 0 Å². The summed E-state index contributed by atoms with van der Waals surface area (Å²) in [4.78, 5) is 175. The highest BCUT2D eigenvalue weighted by Gasteiger charge is 2.43. The molecule has 4 unspecified atom stereocenters. The summed E-state index contributed by atoms with van der Waals surface area (Å²) in [5.74, 6) is -15.2. The molecule has 98 heavy (non-hydrogen) atoms. The number of imidazole rings is 1. The van der Waals surface area contributed by atoms with Gasteiger partial charge in [-0.05, 0) is 64.7 Å². The molecule has 3 aliphatic heterocycles. The van der Waals surface area contributed by atoms with Crippen molar-refractivity contribution in [3.63, 3.8) is 0 Å². The maximum atomic E-state index is 15.0. The van der Waals surface area contributed by atoms with E-state index in [0.29, 0.717) is 6.42 Å². The summed E-state index contributed by atoms with van der Waals surface area (Å²) in [5.41, 5.74) is 9.42. The summed E-state index contributed by atoms with van der Waals surface area (Å²) in [6, 6.07) is -9.64. The Morgan fingerprint density at radius 2 is 1.49 bits per heavy atom. The molecule has 2 aromatic rings. The predicted octanol–water partition coefficient (Wildman–Crippen LogP) is -5.61. The van der Waals surface area contributed by atoms with Gasteiger partial charge in [-0.2, -0.15) is 0 Å². The highest BCUT2D eigenvalue weighted by Crippen LogP contribution is 2.32. The lowest BCUT2D eigenvalue weighted by atomic mass is 9.97. The molecular formula is C63H90N14O21. The first-order chi connectivity index (χ1) is 46.5. The third kappa shape index (κ3) is 23.4. The first-order valence-corrected chi connectivity index (χ1v) is 31.9. The minimum Gasteiger partial charge on any atom is -0.507 e. The number of allylic oxidation sites excluding steroid dienone is 5. The van der Waals surface area contributed by atoms with Gasteiger partial charge in [0.15, 0.2) is 12.4 Å². The van der Waals surface area contributed by atoms with Gasteiger partial charge < -0.3 is 115 Å². The molecule has 5 rings (SSSR count). The molecule has 35 heteroatoms. The number of phenolic OH excluding ortho intramolecular Hbond substituents is 1. The van der Waals surface area contributed by atoms with Gasteiger partial charge in [-0.15, -0.1) is 0 Å². The molecule has 15 atom stereocenters. The quantitative estimate of drug-likeness (QED) is 0.0280. The van der Waals surface area contributed by atoms with E-state index in [1.54, 1.807) is 6.08 Å². The fourth-order valence-corrected chi connectivity index (χ4v) is 10.4. The first kappa shape index (κ1) is 79.2. The van der Waals surface area contributed by atoms with Crippen LogP contribution >= 0.6 is 0 Å². The van der Waals surface area contributed by atoms with Gasteiger partial charge in [-0.1, -0.05) is 81.6 Å². The van der Waals surface area contributed by atoms with Crippen LogP contribution < -0.4 is 64.6 Å². The molecule has 1 saturated heterocycles. The number of hydrogen-bond donors (Lipinski definition) is 20. The van der Waals surface area contributed by atoms with E-state index in [4.69, 9.17) is 20.9 Å². The van der Waals surface area contributed by atoms with Gasteiger partial charge >= 0.3 is 0 Å². The topological polar surface area (TPSA) is 566 Å². The number of carbonyl (C=O) groups excluding carboxylic acids is 12. The second-order valence-electron chi connectivity index (χ2n) is 23.7. The van der Waals surface area contributed by atoms with Gasteiger partial charge in [0.2, 0.25) is 53.2 Å². The Kier molecular flexibility index (Phi) is 31.1. The van der Waals surface area contributed by atoms with E-state index >= 15 is 0 Å². The predicted molar refractivity (Wildman–Crippen MR) is 344 cm³/mol. The monoisotopic (exact) mass is 1380 g/mol. The van der Waals surface area contributed by atoms with Crippen LogP contribution in [-0.2, 0) is 79.8 Å². The molecule has 538 valence electrons. The zero-order valence-corrected chi connectivity index (χ0v) is 54.8. The number of aliphatic hydroxyl groups is 6. The number of nitrogens with one attached hydrogen (secondary N) is 11. The number of hydrogen-bond acceptors (Lipinski definition) is 22. The normalized spacial score (nSPS) is 26.2. The van der Waals surface area contributed by atoms with Gasteiger partial charge in [0.25, 0.3) is 17.7 Å². The number of carbonyl (C=O) groups is 12. The molecule has 22 N–H and O–H groups in total. The lowest BCUT2D eigenvalue weighted by Gasteiger charge is -2.36. The summed E-state index contributed by atoms with van der Waals surface area (Å²) in [6.45, 7) is 5.28. The Bertz CT molecular complexity index is 3320. The molecule has 4 bridgehead atoms. The van der Waals surface area contributed by atoms with E-state index in [0.717, 1.165) is 70.9 Å². The molecular weight excluding hydrogens is 1290 g/mol. The molecule has 35 nitrogen and oxygen atoms in total. The standard InChI is InChI=1S/C63H90N14O21/c1-6-9-10-11-12-13-14-15-16-17-18-43(98-63-53(87)51(85)42(81)28-97-63)52(86)62(96)72-35(8-3)54(88)75-47-30(4)69-57(91)39-25-37-49(68-29-67-37)33-23-32(19-21-40(33)79)24-38(74-61(95)48(31(5)78)76-60(47)94)58(92)71-34(7-2)55(89)77-50(41(80)26-45(65)83)59(93)66-27-46(84)70-36(56(90)73-39)20-22-44(64)82/h7-8,15-19,21,23,29-31,36,38-39,41-43,47-48,50-53,63,78-81,85-87H,6,9-14,20,22,24-28H2,1-5H3,(H2,64,82)(H2,65,83)(H,66,93)(H,67,68)(H,69,91)(H,70,84)(H,71,92)(H,72,96)(H,73,90)(H,74,95)(H,75,88)(H,76,94)(H,77,89)/b16-15+,18-17+,34-7+,35-8+/t30-,31-,36?,38?,39+,41+,42-,43-,47+,48-,50?,51+,52+,53+,63?/m1/s1. The summed E-state index contributed by atoms with van der Waals surface area (Å²) >= 11 is 0. The minimum atomic E-state index is -2.25. The Morgan fingerprint density at radius 3 is 2.16 bits per heavy atom. The fraction of sp³-hybridized carbons (Fsp3) is 0.540. The average Bonchev–Trinajstić information content (AvgIpc) is 1.47. The maximum Gasteiger partial charge on any atom is 0.268 e. The van der Waals surface area contributed by atoms with E-state index in [9.17, 15) is 93.3 Å². The molecule has 12 amide bonds. The van der Waals surface area contributed by atoms with Crippen molar-refractivity contribution in [1.82, 2.24) is 63.1 Å². The van der Waals surface area contributed by atoms with Gasteiger partial charge in [0.1, 0.15) is 77.8 Å². The Hall–Kier alpha value is -9.49. The number of aromatic hydroxyl groups is 1. The number of fused-ring (bicyclic) bond motifs is 2. The molecule has 4 heterocycles. The minimum absolute atomic E-state index is 0.00450. The third-order valence-electron chi connectivity index (χ3n) is 15.9. The van der Waals surface area contributed by atoms with Crippen LogP contribution in [0.2, 0.25) is 0 Å². The van der Waals surface area contributed by atoms with Crippen molar-refractivity contribution in [3.05, 3.63) is 83.6 Å². The van der Waals surface area contributed by atoms with Crippen LogP contribution in [0.1, 0.15) is 110 Å². The number of rotatable bonds is 23. The van der Waals surface area contributed by atoms with E-state index in [-0.39, 0.29) is 22.5 Å². The molecule has 0 spiro atoms. The van der Waals surface area contributed by atoms with Crippen molar-refractivity contribution in [2.45, 2.75) is 203 Å². The van der Waals surface area contributed by atoms with E-state index in [1.165, 1.54) is 44.2 Å². The smallest absolute Gasteiger partial charge is 0.268 e. The largest absolute Gasteiger partial charge is 0.507 e. The number of unbranched alkanes of at least 4 members (excludes halogenated alkanes) is 6. The molecule has 1 aromatic heterocycles. The number of benzene rings is 1. The average molecular weight is 1380 g/mol. The fourth-order valence-electron chi connectivity index (χ4n) is 10.4. The zero-order chi connectivity index (χ0) is 72.5. The van der Waals surface area contributed by atoms with Gasteiger partial charge in [-0.25, -0.2) is 4.98 Å². The maximum absolute atomic E-state index is 15.0. The van der Waals surface area contributed by atoms with Crippen LogP contribution in [0.5, 0.6) is 5.75 Å². The second kappa shape index (κ2) is 38.5. The van der Waals surface area contributed by atoms with Crippen molar-refractivity contribution < 1.29 is 103 Å². The van der Waals surface area contributed by atoms with Crippen LogP contribution in [-0.4, -0.2) is 221 Å². The Labute approximate surface area is 563 Å². The van der Waals surface area contributed by atoms with Crippen molar-refractivity contribution in [2.75, 3.05) is 13.2 Å². The summed E-state index contributed by atoms with van der Waals surface area (Å²) in [7, 11) is 0. The number of nitrogens with zero attached hydrogens (tertiary/aromatic N) is 1. The number of aliphatic hydroxyl groups excluding tert-OH is 6. The summed E-state index contributed by atoms with van der Waals surface area (Å²) in [5, 5.41) is 99.8. The molecule has 1 fully saturated rings. The number of phenols is 1. The van der Waals surface area contributed by atoms with Crippen LogP contribution in [0.25, 0.3) is 11.3 Å². The highest BCUT2D eigenvalue weighted by molar-refractivity contribution is 6.04. The third-order valence-corrected chi connectivity index (χ3v) is 15.9. The van der Waals surface area contributed by atoms with E-state index in [2.05, 4.69) is 70.1 Å². The van der Waals surface area contributed by atoms with Crippen molar-refractivity contribution in [3.8, 4) is 17.0 Å². The van der Waals surface area contributed by atoms with E-state index < -0.39 is 225 Å². The van der Waals surface area contributed by atoms with Crippen LogP contribution in [0.4, 0.5) is 0 Å². The molecule has 0 aliphatic carbocycles. The van der Waals surface area contributed by atoms with Gasteiger partial charge in [0.05, 0.1) is 49.8 Å². The number of aromatic nitrogens is 2. The number of aromatic amines is 1. The second-order valence-corrected chi connectivity index (χ2v) is 23.7. The van der Waals surface area contributed by atoms with Gasteiger partial charge in [-0.3, -0.25) is 57.5 Å². The van der Waals surface area contributed by atoms with Gasteiger partial charge in [0, 0.05) is 30.5 Å². The van der Waals surface area contributed by atoms with Crippen molar-refractivity contribution in [2.24, 2.45) is 11.5 Å². The SMILES string of the molecule is C/C=C1/NC(=O)C2Cc3ccc(O)c(c3)-c3nc[nH]c3C[C@H](NC(=O)C(CCC(N)=O)NC(=O)CNC(=O)C([C@@H](O)CC(N)=O)NC1=O)C(=O)N[C@H](C)[C@H](NC(=O)/C(=C\C)NC(=O)[C@@H](O)[C@@H](/C=C/C=C/CCCCCCCC)OC1OC[C@@H](O)[C@H](O)[C@@H]1O)C(=O)N[C@H]([C@@H](C)O)C(=O)N2. The lowest BCUT2D eigenvalue weighted by Crippen LogP contribution is -2.64. The number of amides is 12. The summed E-state index contributed by atoms with van der Waals surface area (Å²) < 4.78 is 11.2. The molecule has 3 aliphatic rings. The Morgan fingerprint density at radius 1 is 0.796 bits per heavy atom. The number of primary amides is 2. The molecule has 0 radical (unpaired) electrons. The lowest BCUT2D eigenvalue weighted by molar-refractivity contribution is -0.283. The summed E-state index contributed by atoms with van der Waals surface area (Å²) in [6.07, 6.45) is -1.80. The van der Waals surface area contributed by atoms with E-state index in [1.807, 2.05) is 6.08 Å². The number of nitrogens with two attached hydrogens (primary N) is 2. The molecule has 0 saturated carbocycles. The highest BCUT2D eigenvalue weighted by atomic mass is 16.7. The zero-order valence-electron chi connectivity index (χ0n) is 54.8. The number of H-pyrrole nitrogens is 1. The first-order valence-electron chi connectivity index (χ1n) is 31.9. The number of ether oxygens (including phenoxy) is 2. The van der Waals surface area contributed by atoms with Crippen molar-refractivity contribution in [1.29, 1.82) is 0 Å². The van der Waals surface area contributed by atoms with Crippen molar-refractivity contribution >= 4 is 70.9 Å².